The second-order valence-electron chi connectivity index (χ2n) is 10.8. The van der Waals surface area contributed by atoms with Crippen molar-refractivity contribution in [3.05, 3.63) is 59.2 Å². The minimum Gasteiger partial charge on any atom is -0.203 e. The fourth-order valence-electron chi connectivity index (χ4n) is 5.84. The molecule has 0 radical (unpaired) electrons. The molecule has 0 bridgehead atoms. The summed E-state index contributed by atoms with van der Waals surface area (Å²) in [6.45, 7) is 6.58. The van der Waals surface area contributed by atoms with E-state index < -0.39 is 11.6 Å². The quantitative estimate of drug-likeness (QED) is 0.256. The molecule has 3 rings (SSSR count). The number of hydrogen-bond acceptors (Lipinski definition) is 0. The van der Waals surface area contributed by atoms with Crippen LogP contribution in [0, 0.1) is 23.5 Å². The van der Waals surface area contributed by atoms with Crippen molar-refractivity contribution >= 4 is 0 Å². The summed E-state index contributed by atoms with van der Waals surface area (Å²) >= 11 is 0. The van der Waals surface area contributed by atoms with E-state index >= 15 is 8.78 Å². The predicted molar refractivity (Wildman–Crippen MR) is 142 cm³/mol. The van der Waals surface area contributed by atoms with Gasteiger partial charge in [-0.05, 0) is 60.1 Å². The highest BCUT2D eigenvalue weighted by molar-refractivity contribution is 5.65. The standard InChI is InChI=1S/C32H46F2/c1-4-6-8-9-11-13-26-16-20-28(21-17-26)30-23-22-29(31(33)32(30)34)24(3)27-18-14-25(15-19-27)12-10-7-5-2/h16-17,20-25,27H,4-15,18-19H2,1-3H3. The summed E-state index contributed by atoms with van der Waals surface area (Å²) in [7, 11) is 0. The van der Waals surface area contributed by atoms with Crippen molar-refractivity contribution in [2.24, 2.45) is 11.8 Å². The molecule has 1 aliphatic carbocycles. The molecule has 1 fully saturated rings. The number of rotatable bonds is 13. The van der Waals surface area contributed by atoms with E-state index in [1.807, 2.05) is 18.2 Å². The van der Waals surface area contributed by atoms with E-state index in [-0.39, 0.29) is 5.92 Å². The van der Waals surface area contributed by atoms with Gasteiger partial charge in [0.2, 0.25) is 0 Å². The normalized spacial score (nSPS) is 19.3. The molecule has 188 valence electrons. The predicted octanol–water partition coefficient (Wildman–Crippen LogP) is 10.6. The van der Waals surface area contributed by atoms with Crippen LogP contribution in [0.2, 0.25) is 0 Å². The molecule has 2 aromatic rings. The Labute approximate surface area is 207 Å². The molecule has 0 saturated heterocycles. The van der Waals surface area contributed by atoms with Crippen molar-refractivity contribution in [1.29, 1.82) is 0 Å². The number of halogens is 2. The second-order valence-corrected chi connectivity index (χ2v) is 10.8. The van der Waals surface area contributed by atoms with E-state index in [0.29, 0.717) is 17.0 Å². The van der Waals surface area contributed by atoms with Gasteiger partial charge in [-0.2, -0.15) is 0 Å². The zero-order valence-electron chi connectivity index (χ0n) is 21.9. The third-order valence-corrected chi connectivity index (χ3v) is 8.25. The van der Waals surface area contributed by atoms with Crippen LogP contribution in [0.15, 0.2) is 36.4 Å². The van der Waals surface area contributed by atoms with Gasteiger partial charge < -0.3 is 0 Å². The summed E-state index contributed by atoms with van der Waals surface area (Å²) in [5, 5.41) is 0. The fourth-order valence-corrected chi connectivity index (χ4v) is 5.84. The molecule has 0 aromatic heterocycles. The summed E-state index contributed by atoms with van der Waals surface area (Å²) in [6, 6.07) is 11.7. The zero-order chi connectivity index (χ0) is 24.3. The van der Waals surface area contributed by atoms with Crippen molar-refractivity contribution in [3.8, 4) is 11.1 Å². The molecule has 1 saturated carbocycles. The van der Waals surface area contributed by atoms with Crippen LogP contribution in [0.3, 0.4) is 0 Å². The van der Waals surface area contributed by atoms with Gasteiger partial charge in [-0.3, -0.25) is 0 Å². The molecule has 0 spiro atoms. The Morgan fingerprint density at radius 1 is 0.735 bits per heavy atom. The lowest BCUT2D eigenvalue weighted by molar-refractivity contribution is 0.233. The van der Waals surface area contributed by atoms with Crippen molar-refractivity contribution in [1.82, 2.24) is 0 Å². The molecule has 1 aliphatic rings. The maximum Gasteiger partial charge on any atom is 0.166 e. The van der Waals surface area contributed by atoms with Crippen LogP contribution in [-0.2, 0) is 6.42 Å². The van der Waals surface area contributed by atoms with E-state index in [2.05, 4.69) is 32.9 Å². The van der Waals surface area contributed by atoms with Crippen LogP contribution in [0.4, 0.5) is 8.78 Å². The van der Waals surface area contributed by atoms with E-state index in [1.54, 1.807) is 6.07 Å². The molecule has 0 heterocycles. The molecule has 1 atom stereocenters. The van der Waals surface area contributed by atoms with Crippen LogP contribution in [0.5, 0.6) is 0 Å². The number of aryl methyl sites for hydroxylation is 1. The third-order valence-electron chi connectivity index (χ3n) is 8.25. The van der Waals surface area contributed by atoms with Crippen molar-refractivity contribution in [2.45, 2.75) is 117 Å². The summed E-state index contributed by atoms with van der Waals surface area (Å²) in [4.78, 5) is 0. The maximum absolute atomic E-state index is 15.2. The first-order valence-electron chi connectivity index (χ1n) is 14.1. The Morgan fingerprint density at radius 3 is 2.06 bits per heavy atom. The number of unbranched alkanes of at least 4 members (excludes halogenated alkanes) is 6. The first-order valence-corrected chi connectivity index (χ1v) is 14.1. The molecular formula is C32H46F2. The summed E-state index contributed by atoms with van der Waals surface area (Å²) < 4.78 is 30.4. The SMILES string of the molecule is CCCCCCCc1ccc(-c2ccc(C(C)C3CCC(CCCCC)CC3)c(F)c2F)cc1. The van der Waals surface area contributed by atoms with Crippen molar-refractivity contribution in [3.63, 3.8) is 0 Å². The molecular weight excluding hydrogens is 422 g/mol. The zero-order valence-corrected chi connectivity index (χ0v) is 21.9. The average molecular weight is 469 g/mol. The highest BCUT2D eigenvalue weighted by Crippen LogP contribution is 2.41. The van der Waals surface area contributed by atoms with E-state index in [1.165, 1.54) is 76.2 Å². The van der Waals surface area contributed by atoms with Gasteiger partial charge in [0.15, 0.2) is 11.6 Å². The van der Waals surface area contributed by atoms with E-state index in [0.717, 1.165) is 30.7 Å². The van der Waals surface area contributed by atoms with Gasteiger partial charge in [-0.25, -0.2) is 8.78 Å². The van der Waals surface area contributed by atoms with Gasteiger partial charge in [0.05, 0.1) is 0 Å². The van der Waals surface area contributed by atoms with Crippen LogP contribution < -0.4 is 0 Å². The molecule has 1 unspecified atom stereocenters. The van der Waals surface area contributed by atoms with Crippen LogP contribution in [-0.4, -0.2) is 0 Å². The van der Waals surface area contributed by atoms with E-state index in [4.69, 9.17) is 0 Å². The average Bonchev–Trinajstić information content (AvgIpc) is 2.86. The summed E-state index contributed by atoms with van der Waals surface area (Å²) in [6.07, 6.45) is 17.4. The Kier molecular flexibility index (Phi) is 11.1. The number of hydrogen-bond donors (Lipinski definition) is 0. The Balaban J connectivity index is 1.59. The first kappa shape index (κ1) is 26.9. The Bertz CT molecular complexity index is 846. The minimum absolute atomic E-state index is 0.0650. The fraction of sp³-hybridized carbons (Fsp3) is 0.625. The first-order chi connectivity index (χ1) is 16.5. The van der Waals surface area contributed by atoms with Crippen LogP contribution in [0.1, 0.15) is 121 Å². The molecule has 0 aliphatic heterocycles. The summed E-state index contributed by atoms with van der Waals surface area (Å²) in [5.41, 5.74) is 2.97. The largest absolute Gasteiger partial charge is 0.203 e. The monoisotopic (exact) mass is 468 g/mol. The lowest BCUT2D eigenvalue weighted by Crippen LogP contribution is -2.20. The maximum atomic E-state index is 15.2. The lowest BCUT2D eigenvalue weighted by Gasteiger charge is -2.33. The molecule has 34 heavy (non-hydrogen) atoms. The Hall–Kier alpha value is -1.70. The topological polar surface area (TPSA) is 0 Å². The minimum atomic E-state index is -0.690. The van der Waals surface area contributed by atoms with Crippen molar-refractivity contribution < 1.29 is 8.78 Å². The summed E-state index contributed by atoms with van der Waals surface area (Å²) in [5.74, 6) is 0.0206. The van der Waals surface area contributed by atoms with Gasteiger partial charge in [0.1, 0.15) is 0 Å². The second kappa shape index (κ2) is 14.0. The van der Waals surface area contributed by atoms with Gasteiger partial charge >= 0.3 is 0 Å². The van der Waals surface area contributed by atoms with Crippen molar-refractivity contribution in [2.75, 3.05) is 0 Å². The third kappa shape index (κ3) is 7.40. The molecule has 0 N–H and O–H groups in total. The van der Waals surface area contributed by atoms with Crippen LogP contribution >= 0.6 is 0 Å². The smallest absolute Gasteiger partial charge is 0.166 e. The molecule has 0 amide bonds. The highest BCUT2D eigenvalue weighted by Gasteiger charge is 2.28. The molecule has 2 heteroatoms. The van der Waals surface area contributed by atoms with Gasteiger partial charge in [-0.15, -0.1) is 0 Å². The van der Waals surface area contributed by atoms with Gasteiger partial charge in [0.25, 0.3) is 0 Å². The molecule has 2 aromatic carbocycles. The van der Waals surface area contributed by atoms with Gasteiger partial charge in [-0.1, -0.05) is 121 Å². The highest BCUT2D eigenvalue weighted by atomic mass is 19.2. The van der Waals surface area contributed by atoms with Crippen LogP contribution in [0.25, 0.3) is 11.1 Å². The van der Waals surface area contributed by atoms with E-state index in [9.17, 15) is 0 Å². The number of benzene rings is 2. The molecule has 0 nitrogen and oxygen atoms in total. The lowest BCUT2D eigenvalue weighted by atomic mass is 9.73. The Morgan fingerprint density at radius 2 is 1.38 bits per heavy atom. The van der Waals surface area contributed by atoms with Gasteiger partial charge in [0, 0.05) is 5.56 Å².